The van der Waals surface area contributed by atoms with Crippen LogP contribution in [0.3, 0.4) is 0 Å². The highest BCUT2D eigenvalue weighted by atomic mass is 35.5. The summed E-state index contributed by atoms with van der Waals surface area (Å²) in [6, 6.07) is 14.5. The lowest BCUT2D eigenvalue weighted by Crippen LogP contribution is -2.07. The maximum Gasteiger partial charge on any atom is 0.302 e. The number of thiazole rings is 1. The molecule has 0 aliphatic carbocycles. The second kappa shape index (κ2) is 5.21. The summed E-state index contributed by atoms with van der Waals surface area (Å²) in [6.45, 7) is 1.58. The van der Waals surface area contributed by atoms with Crippen molar-refractivity contribution in [1.82, 2.24) is 4.98 Å². The lowest BCUT2D eigenvalue weighted by atomic mass is 10.3. The molecule has 0 radical (unpaired) electrons. The van der Waals surface area contributed by atoms with Crippen LogP contribution in [0.1, 0.15) is 0 Å². The van der Waals surface area contributed by atoms with E-state index in [1.807, 2.05) is 24.3 Å². The van der Waals surface area contributed by atoms with Gasteiger partial charge in [-0.2, -0.15) is 0 Å². The van der Waals surface area contributed by atoms with E-state index in [-0.39, 0.29) is 0 Å². The van der Waals surface area contributed by atoms with E-state index in [0.717, 1.165) is 10.2 Å². The third-order valence-electron chi connectivity index (χ3n) is 2.72. The summed E-state index contributed by atoms with van der Waals surface area (Å²) in [5.41, 5.74) is 0.842. The third kappa shape index (κ3) is 2.73. The number of hydrogen-bond donors (Lipinski definition) is 0. The molecule has 0 bridgehead atoms. The molecule has 0 N–H and O–H groups in total. The average Bonchev–Trinajstić information content (AvgIpc) is 2.86. The molecule has 6 heteroatoms. The van der Waals surface area contributed by atoms with Gasteiger partial charge in [0.15, 0.2) is 4.75 Å². The Labute approximate surface area is 125 Å². The monoisotopic (exact) mass is 323 g/mol. The molecule has 0 amide bonds. The summed E-state index contributed by atoms with van der Waals surface area (Å²) in [4.78, 5) is 4.40. The lowest BCUT2D eigenvalue weighted by molar-refractivity contribution is 0.498. The summed E-state index contributed by atoms with van der Waals surface area (Å²) >= 11 is 7.22. The van der Waals surface area contributed by atoms with Gasteiger partial charge in [0.25, 0.3) is 0 Å². The van der Waals surface area contributed by atoms with Crippen molar-refractivity contribution in [2.45, 2.75) is 0 Å². The molecule has 3 rings (SSSR count). The number of para-hydroxylation sites is 1. The highest BCUT2D eigenvalue weighted by molar-refractivity contribution is 7.72. The second-order valence-electron chi connectivity index (χ2n) is 4.36. The van der Waals surface area contributed by atoms with Crippen molar-refractivity contribution in [2.75, 3.05) is 6.66 Å². The van der Waals surface area contributed by atoms with Gasteiger partial charge in [0.2, 0.25) is 0 Å². The largest absolute Gasteiger partial charge is 0.439 e. The van der Waals surface area contributed by atoms with E-state index in [2.05, 4.69) is 4.98 Å². The van der Waals surface area contributed by atoms with E-state index in [1.165, 1.54) is 11.3 Å². The first-order valence-corrected chi connectivity index (χ1v) is 9.20. The molecule has 102 valence electrons. The number of benzene rings is 2. The maximum atomic E-state index is 12.7. The molecule has 0 aliphatic heterocycles. The molecule has 20 heavy (non-hydrogen) atoms. The van der Waals surface area contributed by atoms with Crippen LogP contribution in [0.4, 0.5) is 0 Å². The molecular weight excluding hydrogens is 313 g/mol. The summed E-state index contributed by atoms with van der Waals surface area (Å²) in [5, 5.41) is 0.614. The van der Waals surface area contributed by atoms with Crippen LogP contribution in [-0.4, -0.2) is 11.6 Å². The van der Waals surface area contributed by atoms with E-state index in [9.17, 15) is 4.57 Å². The molecular formula is C14H11ClNO2PS. The fraction of sp³-hybridized carbons (Fsp3) is 0.0714. The molecule has 3 nitrogen and oxygen atoms in total. The van der Waals surface area contributed by atoms with Gasteiger partial charge < -0.3 is 4.52 Å². The van der Waals surface area contributed by atoms with Crippen molar-refractivity contribution < 1.29 is 9.09 Å². The Balaban J connectivity index is 1.94. The average molecular weight is 324 g/mol. The summed E-state index contributed by atoms with van der Waals surface area (Å²) in [7, 11) is -2.99. The first kappa shape index (κ1) is 13.6. The summed E-state index contributed by atoms with van der Waals surface area (Å²) in [6.07, 6.45) is 0. The standard InChI is InChI=1S/C14H11ClNO2PS/c1-19(17,18-11-8-6-10(15)7-9-11)14-16-12-4-2-3-5-13(12)20-14/h2-9H,1H3. The number of nitrogens with zero attached hydrogens (tertiary/aromatic N) is 1. The molecule has 3 aromatic rings. The maximum absolute atomic E-state index is 12.7. The van der Waals surface area contributed by atoms with Crippen molar-refractivity contribution in [1.29, 1.82) is 0 Å². The van der Waals surface area contributed by atoms with E-state index < -0.39 is 7.37 Å². The zero-order chi connectivity index (χ0) is 14.2. The number of aromatic nitrogens is 1. The first-order valence-electron chi connectivity index (χ1n) is 5.93. The van der Waals surface area contributed by atoms with Crippen LogP contribution in [-0.2, 0) is 4.57 Å². The molecule has 1 heterocycles. The Morgan fingerprint density at radius 1 is 1.15 bits per heavy atom. The molecule has 0 spiro atoms. The molecule has 2 aromatic carbocycles. The highest BCUT2D eigenvalue weighted by Crippen LogP contribution is 2.44. The lowest BCUT2D eigenvalue weighted by Gasteiger charge is -2.12. The topological polar surface area (TPSA) is 39.2 Å². The molecule has 0 saturated carbocycles. The minimum Gasteiger partial charge on any atom is -0.439 e. The van der Waals surface area contributed by atoms with Gasteiger partial charge in [0, 0.05) is 11.7 Å². The Bertz CT molecular complexity index is 767. The number of rotatable bonds is 3. The van der Waals surface area contributed by atoms with Crippen LogP contribution in [0.15, 0.2) is 48.5 Å². The minimum absolute atomic E-state index is 0.522. The Hall–Kier alpha value is -1.35. The predicted molar refractivity (Wildman–Crippen MR) is 84.9 cm³/mol. The predicted octanol–water partition coefficient (Wildman–Crippen LogP) is 4.56. The summed E-state index contributed by atoms with van der Waals surface area (Å²) in [5.74, 6) is 0.527. The zero-order valence-electron chi connectivity index (χ0n) is 10.6. The van der Waals surface area contributed by atoms with Crippen molar-refractivity contribution >= 4 is 45.3 Å². The molecule has 1 atom stereocenters. The van der Waals surface area contributed by atoms with Gasteiger partial charge in [0.05, 0.1) is 10.2 Å². The van der Waals surface area contributed by atoms with Crippen LogP contribution in [0.2, 0.25) is 5.02 Å². The SMILES string of the molecule is CP(=O)(Oc1ccc(Cl)cc1)c1nc2ccccc2s1. The Morgan fingerprint density at radius 2 is 1.85 bits per heavy atom. The van der Waals surface area contributed by atoms with Crippen molar-refractivity contribution in [3.05, 3.63) is 53.6 Å². The van der Waals surface area contributed by atoms with Gasteiger partial charge in [-0.25, -0.2) is 4.98 Å². The van der Waals surface area contributed by atoms with E-state index in [1.54, 1.807) is 30.9 Å². The number of hydrogen-bond acceptors (Lipinski definition) is 4. The normalized spacial score (nSPS) is 14.1. The minimum atomic E-state index is -2.99. The van der Waals surface area contributed by atoms with Crippen molar-refractivity contribution in [3.8, 4) is 5.75 Å². The van der Waals surface area contributed by atoms with Crippen LogP contribution in [0, 0.1) is 0 Å². The van der Waals surface area contributed by atoms with E-state index in [0.29, 0.717) is 15.5 Å². The van der Waals surface area contributed by atoms with Crippen LogP contribution in [0.5, 0.6) is 5.75 Å². The third-order valence-corrected chi connectivity index (χ3v) is 6.44. The molecule has 0 aliphatic rings. The molecule has 0 fully saturated rings. The van der Waals surface area contributed by atoms with Crippen LogP contribution >= 0.6 is 30.3 Å². The van der Waals surface area contributed by atoms with Gasteiger partial charge >= 0.3 is 7.37 Å². The van der Waals surface area contributed by atoms with Gasteiger partial charge in [0.1, 0.15) is 5.75 Å². The molecule has 0 saturated heterocycles. The number of fused-ring (bicyclic) bond motifs is 1. The van der Waals surface area contributed by atoms with E-state index in [4.69, 9.17) is 16.1 Å². The fourth-order valence-electron chi connectivity index (χ4n) is 1.77. The first-order chi connectivity index (χ1) is 9.54. The Morgan fingerprint density at radius 3 is 2.55 bits per heavy atom. The fourth-order valence-corrected chi connectivity index (χ4v) is 4.56. The summed E-state index contributed by atoms with van der Waals surface area (Å²) < 4.78 is 19.9. The number of halogens is 1. The molecule has 1 unspecified atom stereocenters. The van der Waals surface area contributed by atoms with Crippen molar-refractivity contribution in [2.24, 2.45) is 0 Å². The van der Waals surface area contributed by atoms with Gasteiger partial charge in [-0.1, -0.05) is 23.7 Å². The van der Waals surface area contributed by atoms with Crippen LogP contribution < -0.4 is 9.27 Å². The van der Waals surface area contributed by atoms with Gasteiger partial charge in [-0.15, -0.1) is 11.3 Å². The van der Waals surface area contributed by atoms with Crippen LogP contribution in [0.25, 0.3) is 10.2 Å². The smallest absolute Gasteiger partial charge is 0.302 e. The van der Waals surface area contributed by atoms with Gasteiger partial charge in [-0.3, -0.25) is 4.57 Å². The zero-order valence-corrected chi connectivity index (χ0v) is 13.1. The van der Waals surface area contributed by atoms with E-state index >= 15 is 0 Å². The highest BCUT2D eigenvalue weighted by Gasteiger charge is 2.25. The quantitative estimate of drug-likeness (QED) is 0.663. The second-order valence-corrected chi connectivity index (χ2v) is 8.42. The Kier molecular flexibility index (Phi) is 3.55. The van der Waals surface area contributed by atoms with Crippen molar-refractivity contribution in [3.63, 3.8) is 0 Å². The van der Waals surface area contributed by atoms with Gasteiger partial charge in [-0.05, 0) is 36.4 Å². The molecule has 1 aromatic heterocycles.